The highest BCUT2D eigenvalue weighted by atomic mass is 14.3. The third-order valence-electron chi connectivity index (χ3n) is 3.49. The zero-order chi connectivity index (χ0) is 10.3. The Morgan fingerprint density at radius 3 is 2.57 bits per heavy atom. The minimum Gasteiger partial charge on any atom is -0.0622 e. The van der Waals surface area contributed by atoms with Crippen LogP contribution >= 0.6 is 0 Å². The average Bonchev–Trinajstić information content (AvgIpc) is 2.07. The highest BCUT2D eigenvalue weighted by Crippen LogP contribution is 2.36. The monoisotopic (exact) mass is 188 g/mol. The summed E-state index contributed by atoms with van der Waals surface area (Å²) < 4.78 is 0. The normalized spacial score (nSPS) is 26.0. The lowest BCUT2D eigenvalue weighted by Gasteiger charge is -2.29. The van der Waals surface area contributed by atoms with E-state index in [-0.39, 0.29) is 0 Å². The van der Waals surface area contributed by atoms with Gasteiger partial charge in [-0.25, -0.2) is 0 Å². The molecule has 1 aromatic rings. The summed E-state index contributed by atoms with van der Waals surface area (Å²) in [6, 6.07) is 4.71. The molecule has 1 aliphatic rings. The molecule has 1 aliphatic carbocycles. The number of aryl methyl sites for hydroxylation is 2. The molecule has 0 heteroatoms. The van der Waals surface area contributed by atoms with Gasteiger partial charge in [-0.3, -0.25) is 0 Å². The predicted octanol–water partition coefficient (Wildman–Crippen LogP) is 3.99. The number of fused-ring (bicyclic) bond motifs is 1. The number of hydrogen-bond donors (Lipinski definition) is 0. The van der Waals surface area contributed by atoms with Gasteiger partial charge < -0.3 is 0 Å². The van der Waals surface area contributed by atoms with Gasteiger partial charge in [-0.1, -0.05) is 31.5 Å². The van der Waals surface area contributed by atoms with Crippen LogP contribution in [0.2, 0.25) is 0 Å². The molecule has 2 atom stereocenters. The number of benzene rings is 1. The van der Waals surface area contributed by atoms with E-state index in [1.165, 1.54) is 24.0 Å². The maximum atomic E-state index is 2.39. The summed E-state index contributed by atoms with van der Waals surface area (Å²) in [5.41, 5.74) is 6.16. The van der Waals surface area contributed by atoms with Gasteiger partial charge in [0.2, 0.25) is 0 Å². The molecule has 2 unspecified atom stereocenters. The summed E-state index contributed by atoms with van der Waals surface area (Å²) in [6.07, 6.45) is 2.64. The van der Waals surface area contributed by atoms with Crippen LogP contribution < -0.4 is 0 Å². The molecule has 2 rings (SSSR count). The molecule has 0 N–H and O–H groups in total. The first-order chi connectivity index (χ1) is 6.58. The molecule has 0 saturated carbocycles. The Kier molecular flexibility index (Phi) is 2.38. The molecule has 0 amide bonds. The van der Waals surface area contributed by atoms with E-state index in [4.69, 9.17) is 0 Å². The standard InChI is InChI=1S/C14H20/c1-9-5-11(3)14-8-10(2)6-12(4)13(14)7-9/h5,7,10,12H,6,8H2,1-4H3. The lowest BCUT2D eigenvalue weighted by molar-refractivity contribution is 0.448. The van der Waals surface area contributed by atoms with Gasteiger partial charge in [0.25, 0.3) is 0 Å². The van der Waals surface area contributed by atoms with Crippen molar-refractivity contribution < 1.29 is 0 Å². The van der Waals surface area contributed by atoms with Crippen LogP contribution in [0.3, 0.4) is 0 Å². The van der Waals surface area contributed by atoms with Crippen LogP contribution in [0.4, 0.5) is 0 Å². The van der Waals surface area contributed by atoms with E-state index in [1.807, 2.05) is 0 Å². The summed E-state index contributed by atoms with van der Waals surface area (Å²) in [7, 11) is 0. The number of rotatable bonds is 0. The fraction of sp³-hybridized carbons (Fsp3) is 0.571. The van der Waals surface area contributed by atoms with Gasteiger partial charge in [0.05, 0.1) is 0 Å². The first-order valence-corrected chi connectivity index (χ1v) is 5.68. The van der Waals surface area contributed by atoms with E-state index in [0.29, 0.717) is 0 Å². The lowest BCUT2D eigenvalue weighted by atomic mass is 9.76. The van der Waals surface area contributed by atoms with Gasteiger partial charge in [-0.2, -0.15) is 0 Å². The van der Waals surface area contributed by atoms with Crippen LogP contribution in [-0.2, 0) is 6.42 Å². The van der Waals surface area contributed by atoms with Crippen molar-refractivity contribution in [3.05, 3.63) is 34.4 Å². The van der Waals surface area contributed by atoms with Crippen molar-refractivity contribution in [2.24, 2.45) is 5.92 Å². The quantitative estimate of drug-likeness (QED) is 0.577. The van der Waals surface area contributed by atoms with Crippen LogP contribution in [0.25, 0.3) is 0 Å². The third-order valence-corrected chi connectivity index (χ3v) is 3.49. The molecule has 0 saturated heterocycles. The lowest BCUT2D eigenvalue weighted by Crippen LogP contribution is -2.16. The molecule has 0 aliphatic heterocycles. The topological polar surface area (TPSA) is 0 Å². The molecule has 0 heterocycles. The van der Waals surface area contributed by atoms with Crippen LogP contribution in [0.5, 0.6) is 0 Å². The smallest absolute Gasteiger partial charge is 0.0185 e. The minimum absolute atomic E-state index is 0.757. The Morgan fingerprint density at radius 2 is 1.86 bits per heavy atom. The second kappa shape index (κ2) is 3.42. The average molecular weight is 188 g/mol. The molecule has 1 aromatic carbocycles. The van der Waals surface area contributed by atoms with Gasteiger partial charge in [0.15, 0.2) is 0 Å². The van der Waals surface area contributed by atoms with E-state index in [1.54, 1.807) is 11.1 Å². The van der Waals surface area contributed by atoms with Crippen LogP contribution in [0.15, 0.2) is 12.1 Å². The molecular weight excluding hydrogens is 168 g/mol. The summed E-state index contributed by atoms with van der Waals surface area (Å²) in [4.78, 5) is 0. The Morgan fingerprint density at radius 1 is 1.14 bits per heavy atom. The van der Waals surface area contributed by atoms with Crippen molar-refractivity contribution >= 4 is 0 Å². The summed E-state index contributed by atoms with van der Waals surface area (Å²) in [6.45, 7) is 9.21. The number of hydrogen-bond acceptors (Lipinski definition) is 0. The molecule has 14 heavy (non-hydrogen) atoms. The fourth-order valence-electron chi connectivity index (χ4n) is 2.91. The summed E-state index contributed by atoms with van der Waals surface area (Å²) >= 11 is 0. The van der Waals surface area contributed by atoms with E-state index in [9.17, 15) is 0 Å². The summed E-state index contributed by atoms with van der Waals surface area (Å²) in [5, 5.41) is 0. The summed E-state index contributed by atoms with van der Waals surface area (Å²) in [5.74, 6) is 1.62. The molecule has 0 nitrogen and oxygen atoms in total. The molecule has 0 fully saturated rings. The first kappa shape index (κ1) is 9.76. The third kappa shape index (κ3) is 1.58. The largest absolute Gasteiger partial charge is 0.0622 e. The van der Waals surface area contributed by atoms with E-state index in [0.717, 1.165) is 11.8 Å². The van der Waals surface area contributed by atoms with Crippen molar-refractivity contribution in [2.75, 3.05) is 0 Å². The maximum Gasteiger partial charge on any atom is -0.0185 e. The fourth-order valence-corrected chi connectivity index (χ4v) is 2.91. The van der Waals surface area contributed by atoms with Crippen molar-refractivity contribution in [2.45, 2.75) is 46.5 Å². The maximum absolute atomic E-state index is 2.39. The highest BCUT2D eigenvalue weighted by Gasteiger charge is 2.22. The van der Waals surface area contributed by atoms with Gasteiger partial charge in [0.1, 0.15) is 0 Å². The minimum atomic E-state index is 0.757. The second-order valence-electron chi connectivity index (χ2n) is 5.10. The zero-order valence-corrected chi connectivity index (χ0v) is 9.72. The van der Waals surface area contributed by atoms with Crippen molar-refractivity contribution in [3.8, 4) is 0 Å². The Labute approximate surface area is 87.3 Å². The first-order valence-electron chi connectivity index (χ1n) is 5.68. The van der Waals surface area contributed by atoms with E-state index >= 15 is 0 Å². The highest BCUT2D eigenvalue weighted by molar-refractivity contribution is 5.41. The Hall–Kier alpha value is -0.780. The Balaban J connectivity index is 2.53. The van der Waals surface area contributed by atoms with E-state index < -0.39 is 0 Å². The molecule has 76 valence electrons. The van der Waals surface area contributed by atoms with Gasteiger partial charge in [-0.05, 0) is 55.2 Å². The van der Waals surface area contributed by atoms with Crippen LogP contribution in [0.1, 0.15) is 48.4 Å². The molecule has 0 aromatic heterocycles. The zero-order valence-electron chi connectivity index (χ0n) is 9.72. The van der Waals surface area contributed by atoms with Crippen LogP contribution in [0, 0.1) is 19.8 Å². The van der Waals surface area contributed by atoms with Crippen molar-refractivity contribution in [3.63, 3.8) is 0 Å². The van der Waals surface area contributed by atoms with Gasteiger partial charge in [0, 0.05) is 0 Å². The van der Waals surface area contributed by atoms with Gasteiger partial charge in [-0.15, -0.1) is 0 Å². The molecule has 0 bridgehead atoms. The SMILES string of the molecule is Cc1cc(C)c2c(c1)C(C)CC(C)C2. The molecular formula is C14H20. The Bertz CT molecular complexity index is 349. The van der Waals surface area contributed by atoms with E-state index in [2.05, 4.69) is 39.8 Å². The van der Waals surface area contributed by atoms with Crippen LogP contribution in [-0.4, -0.2) is 0 Å². The van der Waals surface area contributed by atoms with Crippen molar-refractivity contribution in [1.29, 1.82) is 0 Å². The van der Waals surface area contributed by atoms with Gasteiger partial charge >= 0.3 is 0 Å². The predicted molar refractivity (Wildman–Crippen MR) is 61.8 cm³/mol. The molecule has 0 spiro atoms. The van der Waals surface area contributed by atoms with Crippen molar-refractivity contribution in [1.82, 2.24) is 0 Å². The molecule has 0 radical (unpaired) electrons. The second-order valence-corrected chi connectivity index (χ2v) is 5.10.